The number of nitrogens with one attached hydrogen (secondary N) is 2. The summed E-state index contributed by atoms with van der Waals surface area (Å²) in [5, 5.41) is 5.75. The average Bonchev–Trinajstić information content (AvgIpc) is 2.75. The molecule has 0 saturated heterocycles. The van der Waals surface area contributed by atoms with Crippen LogP contribution in [0.5, 0.6) is 0 Å². The van der Waals surface area contributed by atoms with E-state index in [4.69, 9.17) is 0 Å². The lowest BCUT2D eigenvalue weighted by atomic mass is 10.3. The zero-order valence-corrected chi connectivity index (χ0v) is 9.23. The second-order valence-electron chi connectivity index (χ2n) is 3.44. The second kappa shape index (κ2) is 6.19. The van der Waals surface area contributed by atoms with E-state index in [2.05, 4.69) is 15.6 Å². The number of nitrogens with zero attached hydrogens (tertiary/aromatic N) is 2. The summed E-state index contributed by atoms with van der Waals surface area (Å²) in [5.74, 6) is 0.0256. The Balaban J connectivity index is 2.09. The first-order chi connectivity index (χ1) is 7.24. The molecule has 0 aliphatic carbocycles. The molecule has 1 rings (SSSR count). The minimum atomic E-state index is -0.127. The van der Waals surface area contributed by atoms with Gasteiger partial charge in [0, 0.05) is 26.0 Å². The zero-order valence-electron chi connectivity index (χ0n) is 9.23. The molecule has 1 aromatic heterocycles. The van der Waals surface area contributed by atoms with E-state index in [1.165, 1.54) is 0 Å². The van der Waals surface area contributed by atoms with Gasteiger partial charge in [0.1, 0.15) is 0 Å². The number of imidazole rings is 1. The number of rotatable bonds is 6. The third-order valence-electron chi connectivity index (χ3n) is 2.24. The van der Waals surface area contributed by atoms with Gasteiger partial charge in [0.2, 0.25) is 5.91 Å². The molecule has 1 amide bonds. The lowest BCUT2D eigenvalue weighted by molar-refractivity contribution is -0.122. The molecule has 84 valence electrons. The number of aromatic nitrogens is 2. The van der Waals surface area contributed by atoms with Crippen molar-refractivity contribution in [1.29, 1.82) is 0 Å². The van der Waals surface area contributed by atoms with Crippen LogP contribution in [0.1, 0.15) is 13.3 Å². The molecule has 0 aliphatic heterocycles. The van der Waals surface area contributed by atoms with Crippen LogP contribution < -0.4 is 10.6 Å². The maximum atomic E-state index is 11.1. The van der Waals surface area contributed by atoms with Gasteiger partial charge in [-0.2, -0.15) is 0 Å². The highest BCUT2D eigenvalue weighted by molar-refractivity contribution is 5.80. The summed E-state index contributed by atoms with van der Waals surface area (Å²) in [6.45, 7) is 3.61. The van der Waals surface area contributed by atoms with E-state index in [9.17, 15) is 4.79 Å². The van der Waals surface area contributed by atoms with Crippen LogP contribution in [0.15, 0.2) is 18.7 Å². The fourth-order valence-corrected chi connectivity index (χ4v) is 1.31. The number of likely N-dealkylation sites (N-methyl/N-ethyl adjacent to an activating group) is 1. The summed E-state index contributed by atoms with van der Waals surface area (Å²) in [6, 6.07) is -0.127. The summed E-state index contributed by atoms with van der Waals surface area (Å²) in [4.78, 5) is 15.1. The fraction of sp³-hybridized carbons (Fsp3) is 0.600. The third kappa shape index (κ3) is 4.12. The van der Waals surface area contributed by atoms with E-state index in [-0.39, 0.29) is 11.9 Å². The topological polar surface area (TPSA) is 59.0 Å². The van der Waals surface area contributed by atoms with Crippen LogP contribution in [0, 0.1) is 0 Å². The maximum Gasteiger partial charge on any atom is 0.236 e. The highest BCUT2D eigenvalue weighted by Gasteiger charge is 2.08. The Labute approximate surface area is 89.9 Å². The molecule has 0 radical (unpaired) electrons. The van der Waals surface area contributed by atoms with Gasteiger partial charge in [-0.25, -0.2) is 4.98 Å². The van der Waals surface area contributed by atoms with Crippen molar-refractivity contribution < 1.29 is 4.79 Å². The minimum absolute atomic E-state index is 0.0256. The van der Waals surface area contributed by atoms with Crippen LogP contribution >= 0.6 is 0 Å². The Kier molecular flexibility index (Phi) is 4.83. The summed E-state index contributed by atoms with van der Waals surface area (Å²) in [7, 11) is 1.64. The van der Waals surface area contributed by atoms with Crippen molar-refractivity contribution >= 4 is 5.91 Å². The Morgan fingerprint density at radius 1 is 1.60 bits per heavy atom. The Hall–Kier alpha value is -1.36. The van der Waals surface area contributed by atoms with Gasteiger partial charge in [0.25, 0.3) is 0 Å². The van der Waals surface area contributed by atoms with Crippen LogP contribution in [0.2, 0.25) is 0 Å². The Morgan fingerprint density at radius 3 is 3.00 bits per heavy atom. The summed E-state index contributed by atoms with van der Waals surface area (Å²) in [5.41, 5.74) is 0. The minimum Gasteiger partial charge on any atom is -0.358 e. The number of carbonyl (C=O) groups excluding carboxylic acids is 1. The monoisotopic (exact) mass is 210 g/mol. The molecule has 5 nitrogen and oxygen atoms in total. The van der Waals surface area contributed by atoms with Crippen LogP contribution in [-0.2, 0) is 11.3 Å². The van der Waals surface area contributed by atoms with Gasteiger partial charge < -0.3 is 15.2 Å². The summed E-state index contributed by atoms with van der Waals surface area (Å²) in [6.07, 6.45) is 6.47. The van der Waals surface area contributed by atoms with Crippen LogP contribution in [-0.4, -0.2) is 35.1 Å². The van der Waals surface area contributed by atoms with E-state index in [0.29, 0.717) is 0 Å². The molecule has 0 aromatic carbocycles. The van der Waals surface area contributed by atoms with Gasteiger partial charge in [-0.15, -0.1) is 0 Å². The molecule has 0 spiro atoms. The molecule has 15 heavy (non-hydrogen) atoms. The molecule has 0 aliphatic rings. The molecule has 1 unspecified atom stereocenters. The Morgan fingerprint density at radius 2 is 2.40 bits per heavy atom. The standard InChI is InChI=1S/C10H18N4O/c1-9(10(15)11-2)13-4-3-6-14-7-5-12-8-14/h5,7-9,13H,3-4,6H2,1-2H3,(H,11,15). The van der Waals surface area contributed by atoms with E-state index in [1.807, 2.05) is 17.7 Å². The molecular formula is C10H18N4O. The van der Waals surface area contributed by atoms with E-state index in [1.54, 1.807) is 19.6 Å². The molecule has 2 N–H and O–H groups in total. The predicted octanol–water partition coefficient (Wildman–Crippen LogP) is -0.00270. The van der Waals surface area contributed by atoms with E-state index >= 15 is 0 Å². The van der Waals surface area contributed by atoms with Crippen LogP contribution in [0.25, 0.3) is 0 Å². The molecule has 1 atom stereocenters. The van der Waals surface area contributed by atoms with Crippen molar-refractivity contribution in [2.75, 3.05) is 13.6 Å². The molecule has 0 fully saturated rings. The molecule has 5 heteroatoms. The predicted molar refractivity (Wildman–Crippen MR) is 58.4 cm³/mol. The van der Waals surface area contributed by atoms with Crippen molar-refractivity contribution in [3.63, 3.8) is 0 Å². The van der Waals surface area contributed by atoms with Crippen molar-refractivity contribution in [3.05, 3.63) is 18.7 Å². The highest BCUT2D eigenvalue weighted by atomic mass is 16.2. The van der Waals surface area contributed by atoms with Gasteiger partial charge >= 0.3 is 0 Å². The molecule has 0 bridgehead atoms. The quantitative estimate of drug-likeness (QED) is 0.650. The van der Waals surface area contributed by atoms with Gasteiger partial charge in [-0.3, -0.25) is 4.79 Å². The van der Waals surface area contributed by atoms with Crippen molar-refractivity contribution in [2.45, 2.75) is 25.9 Å². The number of amides is 1. The van der Waals surface area contributed by atoms with Gasteiger partial charge in [0.05, 0.1) is 12.4 Å². The first-order valence-electron chi connectivity index (χ1n) is 5.14. The van der Waals surface area contributed by atoms with Crippen molar-refractivity contribution in [1.82, 2.24) is 20.2 Å². The lowest BCUT2D eigenvalue weighted by Crippen LogP contribution is -2.41. The zero-order chi connectivity index (χ0) is 11.1. The maximum absolute atomic E-state index is 11.1. The molecule has 1 aromatic rings. The largest absolute Gasteiger partial charge is 0.358 e. The van der Waals surface area contributed by atoms with Gasteiger partial charge in [-0.05, 0) is 19.9 Å². The third-order valence-corrected chi connectivity index (χ3v) is 2.24. The van der Waals surface area contributed by atoms with Crippen molar-refractivity contribution in [3.8, 4) is 0 Å². The summed E-state index contributed by atoms with van der Waals surface area (Å²) >= 11 is 0. The molecular weight excluding hydrogens is 192 g/mol. The number of hydrogen-bond acceptors (Lipinski definition) is 3. The number of carbonyl (C=O) groups is 1. The van der Waals surface area contributed by atoms with Crippen LogP contribution in [0.3, 0.4) is 0 Å². The number of hydrogen-bond donors (Lipinski definition) is 2. The normalized spacial score (nSPS) is 12.4. The fourth-order valence-electron chi connectivity index (χ4n) is 1.31. The van der Waals surface area contributed by atoms with E-state index < -0.39 is 0 Å². The molecule has 1 heterocycles. The molecule has 0 saturated carbocycles. The van der Waals surface area contributed by atoms with Crippen molar-refractivity contribution in [2.24, 2.45) is 0 Å². The smallest absolute Gasteiger partial charge is 0.236 e. The van der Waals surface area contributed by atoms with E-state index in [0.717, 1.165) is 19.5 Å². The SMILES string of the molecule is CNC(=O)C(C)NCCCn1ccnc1. The van der Waals surface area contributed by atoms with Gasteiger partial charge in [-0.1, -0.05) is 0 Å². The lowest BCUT2D eigenvalue weighted by Gasteiger charge is -2.11. The highest BCUT2D eigenvalue weighted by Crippen LogP contribution is 1.90. The number of aryl methyl sites for hydroxylation is 1. The van der Waals surface area contributed by atoms with Gasteiger partial charge in [0.15, 0.2) is 0 Å². The Bertz CT molecular complexity index is 284. The first kappa shape index (κ1) is 11.7. The summed E-state index contributed by atoms with van der Waals surface area (Å²) < 4.78 is 2.02. The average molecular weight is 210 g/mol. The second-order valence-corrected chi connectivity index (χ2v) is 3.44. The first-order valence-corrected chi connectivity index (χ1v) is 5.14. The van der Waals surface area contributed by atoms with Crippen LogP contribution in [0.4, 0.5) is 0 Å².